The van der Waals surface area contributed by atoms with E-state index in [2.05, 4.69) is 5.32 Å². The molecule has 31 heavy (non-hydrogen) atoms. The first kappa shape index (κ1) is 22.7. The number of aliphatic hydroxyl groups is 5. The number of carbonyl (C=O) groups excluding carboxylic acids is 1. The highest BCUT2D eigenvalue weighted by Gasteiger charge is 2.52. The molecular weight excluding hydrogens is 404 g/mol. The van der Waals surface area contributed by atoms with Gasteiger partial charge in [-0.3, -0.25) is 4.79 Å². The molecule has 2 aromatic rings. The maximum atomic E-state index is 11.9. The number of carbonyl (C=O) groups is 1. The third-order valence-corrected chi connectivity index (χ3v) is 5.59. The van der Waals surface area contributed by atoms with Crippen molar-refractivity contribution >= 4 is 5.91 Å². The second-order valence-corrected chi connectivity index (χ2v) is 7.39. The zero-order chi connectivity index (χ0) is 22.7. The van der Waals surface area contributed by atoms with Crippen LogP contribution >= 0.6 is 0 Å². The van der Waals surface area contributed by atoms with Crippen LogP contribution in [-0.4, -0.2) is 69.7 Å². The molecule has 0 bridgehead atoms. The van der Waals surface area contributed by atoms with Crippen LogP contribution in [0.1, 0.15) is 15.9 Å². The van der Waals surface area contributed by atoms with Gasteiger partial charge in [0.25, 0.3) is 5.91 Å². The lowest BCUT2D eigenvalue weighted by molar-refractivity contribution is -0.127. The molecule has 1 aliphatic carbocycles. The van der Waals surface area contributed by atoms with E-state index in [9.17, 15) is 35.6 Å². The van der Waals surface area contributed by atoms with E-state index in [0.29, 0.717) is 16.7 Å². The van der Waals surface area contributed by atoms with Crippen molar-refractivity contribution in [3.63, 3.8) is 0 Å². The first-order valence-electron chi connectivity index (χ1n) is 9.68. The van der Waals surface area contributed by atoms with Gasteiger partial charge in [-0.15, -0.1) is 0 Å². The van der Waals surface area contributed by atoms with Crippen LogP contribution in [0.25, 0.3) is 11.1 Å². The number of amides is 1. The molecule has 164 valence electrons. The molecule has 6 unspecified atom stereocenters. The van der Waals surface area contributed by atoms with Crippen LogP contribution in [0.5, 0.6) is 5.75 Å². The van der Waals surface area contributed by atoms with Gasteiger partial charge < -0.3 is 35.6 Å². The van der Waals surface area contributed by atoms with E-state index in [4.69, 9.17) is 4.74 Å². The number of nitriles is 1. The van der Waals surface area contributed by atoms with E-state index >= 15 is 0 Å². The van der Waals surface area contributed by atoms with Crippen molar-refractivity contribution in [3.05, 3.63) is 53.6 Å². The summed E-state index contributed by atoms with van der Waals surface area (Å²) in [5.74, 6) is -2.53. The maximum absolute atomic E-state index is 11.9. The minimum absolute atomic E-state index is 0.0162. The molecule has 6 atom stereocenters. The maximum Gasteiger partial charge on any atom is 0.251 e. The molecular formula is C22H24N2O7. The summed E-state index contributed by atoms with van der Waals surface area (Å²) in [5, 5.41) is 62.1. The molecule has 9 nitrogen and oxygen atoms in total. The summed E-state index contributed by atoms with van der Waals surface area (Å²) in [6.07, 6.45) is -6.07. The number of nitrogens with one attached hydrogen (secondary N) is 1. The van der Waals surface area contributed by atoms with Crippen molar-refractivity contribution in [2.24, 2.45) is 11.8 Å². The highest BCUT2D eigenvalue weighted by atomic mass is 16.6. The summed E-state index contributed by atoms with van der Waals surface area (Å²) >= 11 is 0. The fraction of sp³-hybridized carbons (Fsp3) is 0.364. The zero-order valence-electron chi connectivity index (χ0n) is 16.7. The largest absolute Gasteiger partial charge is 0.463 e. The van der Waals surface area contributed by atoms with Gasteiger partial charge in [0.05, 0.1) is 36.4 Å². The van der Waals surface area contributed by atoms with Crippen molar-refractivity contribution in [1.29, 1.82) is 5.26 Å². The molecule has 2 aromatic carbocycles. The van der Waals surface area contributed by atoms with Crippen molar-refractivity contribution in [1.82, 2.24) is 5.32 Å². The normalized spacial score (nSPS) is 26.2. The van der Waals surface area contributed by atoms with Gasteiger partial charge in [0, 0.05) is 18.5 Å². The highest BCUT2D eigenvalue weighted by molar-refractivity contribution is 5.95. The van der Waals surface area contributed by atoms with E-state index < -0.39 is 43.0 Å². The van der Waals surface area contributed by atoms with Crippen LogP contribution in [0.15, 0.2) is 42.5 Å². The average molecular weight is 428 g/mol. The second kappa shape index (κ2) is 9.43. The van der Waals surface area contributed by atoms with E-state index in [1.54, 1.807) is 30.3 Å². The Labute approximate surface area is 178 Å². The average Bonchev–Trinajstić information content (AvgIpc) is 3.00. The lowest BCUT2D eigenvalue weighted by Gasteiger charge is -2.25. The molecule has 0 radical (unpaired) electrons. The Hall–Kier alpha value is -3.00. The Morgan fingerprint density at radius 2 is 1.84 bits per heavy atom. The molecule has 0 saturated heterocycles. The SMILES string of the molecule is CNC(=O)c1cccc(-c2ccc(OC(O)C3C(O)C(O)C(CO)C3O)c(C#N)c2)c1. The number of benzene rings is 2. The Kier molecular flexibility index (Phi) is 6.90. The smallest absolute Gasteiger partial charge is 0.251 e. The van der Waals surface area contributed by atoms with E-state index in [1.165, 1.54) is 19.2 Å². The van der Waals surface area contributed by atoms with Gasteiger partial charge in [-0.2, -0.15) is 5.26 Å². The van der Waals surface area contributed by atoms with Crippen LogP contribution in [-0.2, 0) is 0 Å². The first-order chi connectivity index (χ1) is 14.8. The van der Waals surface area contributed by atoms with Crippen molar-refractivity contribution < 1.29 is 35.1 Å². The van der Waals surface area contributed by atoms with Crippen LogP contribution in [0.2, 0.25) is 0 Å². The second-order valence-electron chi connectivity index (χ2n) is 7.39. The standard InChI is InChI=1S/C22H24N2O7/c1-24-21(29)13-4-2-3-11(7-13)12-5-6-16(14(8-12)9-23)31-22(30)17-18(26)15(10-25)19(27)20(17)28/h2-8,15,17-20,22,25-28,30H,10H2,1H3,(H,24,29). The van der Waals surface area contributed by atoms with E-state index in [1.807, 2.05) is 6.07 Å². The van der Waals surface area contributed by atoms with Crippen molar-refractivity contribution in [3.8, 4) is 22.9 Å². The van der Waals surface area contributed by atoms with Gasteiger partial charge in [-0.25, -0.2) is 0 Å². The molecule has 1 aliphatic rings. The molecule has 0 aliphatic heterocycles. The van der Waals surface area contributed by atoms with Crippen LogP contribution in [0.4, 0.5) is 0 Å². The zero-order valence-corrected chi connectivity index (χ0v) is 16.7. The lowest BCUT2D eigenvalue weighted by Crippen LogP contribution is -2.40. The molecule has 1 saturated carbocycles. The number of ether oxygens (including phenoxy) is 1. The summed E-state index contributed by atoms with van der Waals surface area (Å²) in [6, 6.07) is 13.4. The topological polar surface area (TPSA) is 163 Å². The Morgan fingerprint density at radius 3 is 2.45 bits per heavy atom. The number of hydrogen-bond donors (Lipinski definition) is 6. The van der Waals surface area contributed by atoms with Gasteiger partial charge in [-0.05, 0) is 35.4 Å². The van der Waals surface area contributed by atoms with Crippen LogP contribution < -0.4 is 10.1 Å². The highest BCUT2D eigenvalue weighted by Crippen LogP contribution is 2.36. The predicted octanol–water partition coefficient (Wildman–Crippen LogP) is -0.397. The molecule has 9 heteroatoms. The summed E-state index contributed by atoms with van der Waals surface area (Å²) in [4.78, 5) is 11.9. The third kappa shape index (κ3) is 4.39. The number of aliphatic hydroxyl groups excluding tert-OH is 5. The van der Waals surface area contributed by atoms with Crippen molar-refractivity contribution in [2.45, 2.75) is 24.6 Å². The quantitative estimate of drug-likeness (QED) is 0.339. The summed E-state index contributed by atoms with van der Waals surface area (Å²) in [5.41, 5.74) is 1.87. The van der Waals surface area contributed by atoms with Crippen LogP contribution in [0.3, 0.4) is 0 Å². The van der Waals surface area contributed by atoms with Gasteiger partial charge in [-0.1, -0.05) is 18.2 Å². The predicted molar refractivity (Wildman–Crippen MR) is 109 cm³/mol. The third-order valence-electron chi connectivity index (χ3n) is 5.59. The summed E-state index contributed by atoms with van der Waals surface area (Å²) in [7, 11) is 1.53. The molecule has 6 N–H and O–H groups in total. The number of nitrogens with zero attached hydrogens (tertiary/aromatic N) is 1. The number of hydrogen-bond acceptors (Lipinski definition) is 8. The monoisotopic (exact) mass is 428 g/mol. The minimum atomic E-state index is -1.73. The lowest BCUT2D eigenvalue weighted by atomic mass is 9.99. The molecule has 1 amide bonds. The first-order valence-corrected chi connectivity index (χ1v) is 9.68. The Morgan fingerprint density at radius 1 is 1.13 bits per heavy atom. The molecule has 1 fully saturated rings. The fourth-order valence-corrected chi connectivity index (χ4v) is 3.82. The van der Waals surface area contributed by atoms with Gasteiger partial charge >= 0.3 is 0 Å². The summed E-state index contributed by atoms with van der Waals surface area (Å²) < 4.78 is 5.43. The van der Waals surface area contributed by atoms with E-state index in [-0.39, 0.29) is 17.2 Å². The summed E-state index contributed by atoms with van der Waals surface area (Å²) in [6.45, 7) is -0.574. The van der Waals surface area contributed by atoms with Gasteiger partial charge in [0.1, 0.15) is 11.8 Å². The Balaban J connectivity index is 1.84. The fourth-order valence-electron chi connectivity index (χ4n) is 3.82. The van der Waals surface area contributed by atoms with E-state index in [0.717, 1.165) is 0 Å². The molecule has 0 spiro atoms. The Bertz CT molecular complexity index is 990. The molecule has 0 aromatic heterocycles. The molecule has 0 heterocycles. The minimum Gasteiger partial charge on any atom is -0.463 e. The van der Waals surface area contributed by atoms with Gasteiger partial charge in [0.15, 0.2) is 0 Å². The van der Waals surface area contributed by atoms with Crippen molar-refractivity contribution in [2.75, 3.05) is 13.7 Å². The molecule has 3 rings (SSSR count). The van der Waals surface area contributed by atoms with Gasteiger partial charge in [0.2, 0.25) is 6.29 Å². The van der Waals surface area contributed by atoms with Crippen LogP contribution in [0, 0.1) is 23.2 Å². The number of rotatable bonds is 6.